The molecular weight excluding hydrogens is 252 g/mol. The van der Waals surface area contributed by atoms with Crippen LogP contribution in [0.5, 0.6) is 0 Å². The summed E-state index contributed by atoms with van der Waals surface area (Å²) in [7, 11) is 0. The van der Waals surface area contributed by atoms with Gasteiger partial charge in [-0.15, -0.1) is 0 Å². The average molecular weight is 276 g/mol. The fourth-order valence-corrected chi connectivity index (χ4v) is 2.43. The molecule has 1 aliphatic rings. The van der Waals surface area contributed by atoms with Gasteiger partial charge < -0.3 is 15.8 Å². The summed E-state index contributed by atoms with van der Waals surface area (Å²) in [5.74, 6) is -0.0680. The highest BCUT2D eigenvalue weighted by Gasteiger charge is 2.28. The van der Waals surface area contributed by atoms with Crippen molar-refractivity contribution in [3.63, 3.8) is 0 Å². The van der Waals surface area contributed by atoms with Gasteiger partial charge in [0.05, 0.1) is 6.04 Å². The van der Waals surface area contributed by atoms with Crippen LogP contribution in [0.25, 0.3) is 0 Å². The minimum atomic E-state index is -0.485. The molecule has 1 aliphatic heterocycles. The molecule has 4 heteroatoms. The normalized spacial score (nSPS) is 19.3. The summed E-state index contributed by atoms with van der Waals surface area (Å²) in [6.07, 6.45) is 2.55. The second-order valence-electron chi connectivity index (χ2n) is 5.94. The van der Waals surface area contributed by atoms with Crippen LogP contribution in [0.3, 0.4) is 0 Å². The number of nitrogens with one attached hydrogen (secondary N) is 1. The number of nitrogens with two attached hydrogens (primary N) is 1. The predicted molar refractivity (Wildman–Crippen MR) is 79.3 cm³/mol. The SMILES string of the molecule is CC1(CNC(=O)[C@@H](N)Cc2ccccc2)CCOCC1. The third kappa shape index (κ3) is 4.32. The average Bonchev–Trinajstić information content (AvgIpc) is 2.46. The van der Waals surface area contributed by atoms with Crippen LogP contribution in [0.1, 0.15) is 25.3 Å². The molecule has 1 saturated heterocycles. The molecule has 1 heterocycles. The van der Waals surface area contributed by atoms with E-state index in [9.17, 15) is 4.79 Å². The maximum Gasteiger partial charge on any atom is 0.237 e. The van der Waals surface area contributed by atoms with Gasteiger partial charge in [-0.25, -0.2) is 0 Å². The van der Waals surface area contributed by atoms with Gasteiger partial charge in [0.2, 0.25) is 5.91 Å². The number of hydrogen-bond donors (Lipinski definition) is 2. The quantitative estimate of drug-likeness (QED) is 0.856. The third-order valence-electron chi connectivity index (χ3n) is 4.02. The maximum atomic E-state index is 12.1. The van der Waals surface area contributed by atoms with E-state index in [1.165, 1.54) is 0 Å². The van der Waals surface area contributed by atoms with Crippen molar-refractivity contribution in [2.24, 2.45) is 11.1 Å². The number of benzene rings is 1. The zero-order valence-electron chi connectivity index (χ0n) is 12.1. The van der Waals surface area contributed by atoms with Crippen LogP contribution < -0.4 is 11.1 Å². The Morgan fingerprint density at radius 1 is 1.35 bits per heavy atom. The van der Waals surface area contributed by atoms with E-state index in [0.717, 1.165) is 31.6 Å². The van der Waals surface area contributed by atoms with Gasteiger partial charge in [0, 0.05) is 19.8 Å². The lowest BCUT2D eigenvalue weighted by Crippen LogP contribution is -2.46. The molecule has 3 N–H and O–H groups in total. The zero-order chi connectivity index (χ0) is 14.4. The Morgan fingerprint density at radius 2 is 2.00 bits per heavy atom. The van der Waals surface area contributed by atoms with E-state index in [-0.39, 0.29) is 11.3 Å². The van der Waals surface area contributed by atoms with Gasteiger partial charge in [-0.05, 0) is 30.2 Å². The first-order valence-corrected chi connectivity index (χ1v) is 7.24. The van der Waals surface area contributed by atoms with E-state index in [0.29, 0.717) is 13.0 Å². The zero-order valence-corrected chi connectivity index (χ0v) is 12.1. The summed E-state index contributed by atoms with van der Waals surface area (Å²) in [5.41, 5.74) is 7.20. The number of ether oxygens (including phenoxy) is 1. The van der Waals surface area contributed by atoms with Gasteiger partial charge in [-0.3, -0.25) is 4.79 Å². The van der Waals surface area contributed by atoms with Crippen LogP contribution in [-0.4, -0.2) is 31.7 Å². The lowest BCUT2D eigenvalue weighted by molar-refractivity contribution is -0.123. The van der Waals surface area contributed by atoms with E-state index in [2.05, 4.69) is 12.2 Å². The summed E-state index contributed by atoms with van der Waals surface area (Å²) in [4.78, 5) is 12.1. The Bertz CT molecular complexity index is 427. The number of amides is 1. The molecule has 0 unspecified atom stereocenters. The molecule has 1 fully saturated rings. The smallest absolute Gasteiger partial charge is 0.237 e. The molecule has 0 radical (unpaired) electrons. The summed E-state index contributed by atoms with van der Waals surface area (Å²) in [6.45, 7) is 4.43. The number of hydrogen-bond acceptors (Lipinski definition) is 3. The summed E-state index contributed by atoms with van der Waals surface area (Å²) in [5, 5.41) is 2.99. The molecule has 0 spiro atoms. The minimum Gasteiger partial charge on any atom is -0.381 e. The first-order chi connectivity index (χ1) is 9.59. The highest BCUT2D eigenvalue weighted by molar-refractivity contribution is 5.81. The molecule has 1 aromatic carbocycles. The van der Waals surface area contributed by atoms with Crippen molar-refractivity contribution in [2.45, 2.75) is 32.2 Å². The molecule has 4 nitrogen and oxygen atoms in total. The van der Waals surface area contributed by atoms with E-state index in [1.807, 2.05) is 30.3 Å². The summed E-state index contributed by atoms with van der Waals surface area (Å²) >= 11 is 0. The Labute approximate surface area is 120 Å². The van der Waals surface area contributed by atoms with Crippen molar-refractivity contribution in [3.05, 3.63) is 35.9 Å². The van der Waals surface area contributed by atoms with Crippen molar-refractivity contribution >= 4 is 5.91 Å². The van der Waals surface area contributed by atoms with Crippen molar-refractivity contribution in [3.8, 4) is 0 Å². The van der Waals surface area contributed by atoms with Gasteiger partial charge in [0.15, 0.2) is 0 Å². The molecule has 110 valence electrons. The van der Waals surface area contributed by atoms with Gasteiger partial charge in [0.1, 0.15) is 0 Å². The second-order valence-corrected chi connectivity index (χ2v) is 5.94. The lowest BCUT2D eigenvalue weighted by Gasteiger charge is -2.33. The second kappa shape index (κ2) is 6.86. The van der Waals surface area contributed by atoms with Crippen LogP contribution in [0, 0.1) is 5.41 Å². The molecule has 1 aromatic rings. The van der Waals surface area contributed by atoms with Crippen LogP contribution in [0.15, 0.2) is 30.3 Å². The van der Waals surface area contributed by atoms with Crippen LogP contribution >= 0.6 is 0 Å². The van der Waals surface area contributed by atoms with E-state index in [4.69, 9.17) is 10.5 Å². The van der Waals surface area contributed by atoms with Crippen molar-refractivity contribution < 1.29 is 9.53 Å². The molecule has 1 atom stereocenters. The Balaban J connectivity index is 1.79. The van der Waals surface area contributed by atoms with Crippen LogP contribution in [0.2, 0.25) is 0 Å². The predicted octanol–water partition coefficient (Wildman–Crippen LogP) is 1.49. The van der Waals surface area contributed by atoms with Gasteiger partial charge >= 0.3 is 0 Å². The fraction of sp³-hybridized carbons (Fsp3) is 0.562. The largest absolute Gasteiger partial charge is 0.381 e. The monoisotopic (exact) mass is 276 g/mol. The molecule has 0 aromatic heterocycles. The lowest BCUT2D eigenvalue weighted by atomic mass is 9.82. The fourth-order valence-electron chi connectivity index (χ4n) is 2.43. The molecule has 2 rings (SSSR count). The number of carbonyl (C=O) groups is 1. The molecular formula is C16H24N2O2. The maximum absolute atomic E-state index is 12.1. The molecule has 0 aliphatic carbocycles. The Kier molecular flexibility index (Phi) is 5.15. The molecule has 20 heavy (non-hydrogen) atoms. The number of rotatable bonds is 5. The molecule has 1 amide bonds. The Hall–Kier alpha value is -1.39. The Morgan fingerprint density at radius 3 is 2.65 bits per heavy atom. The van der Waals surface area contributed by atoms with Crippen LogP contribution in [0.4, 0.5) is 0 Å². The number of carbonyl (C=O) groups excluding carboxylic acids is 1. The molecule has 0 saturated carbocycles. The minimum absolute atomic E-state index is 0.0680. The van der Waals surface area contributed by atoms with E-state index >= 15 is 0 Å². The first kappa shape index (κ1) is 15.0. The van der Waals surface area contributed by atoms with Crippen molar-refractivity contribution in [1.29, 1.82) is 0 Å². The molecule has 0 bridgehead atoms. The third-order valence-corrected chi connectivity index (χ3v) is 4.02. The first-order valence-electron chi connectivity index (χ1n) is 7.24. The van der Waals surface area contributed by atoms with E-state index < -0.39 is 6.04 Å². The van der Waals surface area contributed by atoms with Gasteiger partial charge in [0.25, 0.3) is 0 Å². The van der Waals surface area contributed by atoms with Crippen molar-refractivity contribution in [2.75, 3.05) is 19.8 Å². The van der Waals surface area contributed by atoms with Gasteiger partial charge in [-0.2, -0.15) is 0 Å². The standard InChI is InChI=1S/C16H24N2O2/c1-16(7-9-20-10-8-16)12-18-15(19)14(17)11-13-5-3-2-4-6-13/h2-6,14H,7-12,17H2,1H3,(H,18,19)/t14-/m0/s1. The van der Waals surface area contributed by atoms with Crippen molar-refractivity contribution in [1.82, 2.24) is 5.32 Å². The highest BCUT2D eigenvalue weighted by atomic mass is 16.5. The van der Waals surface area contributed by atoms with E-state index in [1.54, 1.807) is 0 Å². The summed E-state index contributed by atoms with van der Waals surface area (Å²) in [6, 6.07) is 9.38. The summed E-state index contributed by atoms with van der Waals surface area (Å²) < 4.78 is 5.36. The van der Waals surface area contributed by atoms with Gasteiger partial charge in [-0.1, -0.05) is 37.3 Å². The topological polar surface area (TPSA) is 64.4 Å². The highest BCUT2D eigenvalue weighted by Crippen LogP contribution is 2.28. The van der Waals surface area contributed by atoms with Crippen LogP contribution in [-0.2, 0) is 16.0 Å².